The van der Waals surface area contributed by atoms with Crippen LogP contribution in [0.4, 0.5) is 4.79 Å². The number of nitrogens with zero attached hydrogens (tertiary/aromatic N) is 1. The van der Waals surface area contributed by atoms with Gasteiger partial charge in [-0.15, -0.1) is 0 Å². The van der Waals surface area contributed by atoms with Crippen LogP contribution in [0.15, 0.2) is 0 Å². The average Bonchev–Trinajstić information content (AvgIpc) is 2.28. The number of nitrogens with one attached hydrogen (secondary N) is 1. The van der Waals surface area contributed by atoms with Crippen molar-refractivity contribution in [1.29, 1.82) is 0 Å². The molecular weight excluding hydrogens is 200 g/mol. The Morgan fingerprint density at radius 3 is 2.25 bits per heavy atom. The lowest BCUT2D eigenvalue weighted by Gasteiger charge is -2.04. The zero-order valence-electron chi connectivity index (χ0n) is 10.9. The van der Waals surface area contributed by atoms with E-state index in [4.69, 9.17) is 0 Å². The molecule has 0 rings (SSSR count). The summed E-state index contributed by atoms with van der Waals surface area (Å²) in [6.45, 7) is 5.77. The van der Waals surface area contributed by atoms with Crippen LogP contribution in [0.5, 0.6) is 0 Å². The smallest absolute Gasteiger partial charge is 0.336 e. The van der Waals surface area contributed by atoms with Gasteiger partial charge in [0.1, 0.15) is 0 Å². The molecule has 0 aliphatic rings. The predicted octanol–water partition coefficient (Wildman–Crippen LogP) is 3.46. The molecule has 3 heteroatoms. The van der Waals surface area contributed by atoms with Crippen molar-refractivity contribution in [1.82, 2.24) is 10.6 Å². The quantitative estimate of drug-likeness (QED) is 0.571. The van der Waals surface area contributed by atoms with Crippen LogP contribution in [0.25, 0.3) is 0 Å². The van der Waals surface area contributed by atoms with Crippen LogP contribution in [-0.4, -0.2) is 19.1 Å². The van der Waals surface area contributed by atoms with Crippen LogP contribution in [0.3, 0.4) is 0 Å². The van der Waals surface area contributed by atoms with Gasteiger partial charge in [-0.05, 0) is 12.8 Å². The zero-order valence-corrected chi connectivity index (χ0v) is 10.9. The highest BCUT2D eigenvalue weighted by molar-refractivity contribution is 5.73. The van der Waals surface area contributed by atoms with Gasteiger partial charge >= 0.3 is 6.03 Å². The second kappa shape index (κ2) is 12.3. The van der Waals surface area contributed by atoms with Crippen molar-refractivity contribution in [2.24, 2.45) is 0 Å². The van der Waals surface area contributed by atoms with Gasteiger partial charge in [0.2, 0.25) is 0 Å². The Hall–Kier alpha value is -0.730. The number of urea groups is 1. The van der Waals surface area contributed by atoms with Crippen LogP contribution in [0, 0.1) is 0 Å². The van der Waals surface area contributed by atoms with E-state index in [1.54, 1.807) is 0 Å². The summed E-state index contributed by atoms with van der Waals surface area (Å²) in [5.41, 5.74) is 0. The van der Waals surface area contributed by atoms with E-state index in [9.17, 15) is 4.79 Å². The van der Waals surface area contributed by atoms with Gasteiger partial charge in [-0.25, -0.2) is 10.1 Å². The van der Waals surface area contributed by atoms with Crippen LogP contribution in [0.1, 0.15) is 65.2 Å². The summed E-state index contributed by atoms with van der Waals surface area (Å²) in [7, 11) is 0. The Morgan fingerprint density at radius 1 is 0.938 bits per heavy atom. The number of carbonyl (C=O) groups excluding carboxylic acids is 1. The second-order valence-corrected chi connectivity index (χ2v) is 4.23. The van der Waals surface area contributed by atoms with Crippen molar-refractivity contribution >= 4 is 6.03 Å². The molecule has 3 nitrogen and oxygen atoms in total. The molecule has 0 atom stereocenters. The predicted molar refractivity (Wildman–Crippen MR) is 68.7 cm³/mol. The maximum Gasteiger partial charge on any atom is 0.336 e. The van der Waals surface area contributed by atoms with Crippen molar-refractivity contribution in [3.05, 3.63) is 0 Å². The lowest BCUT2D eigenvalue weighted by molar-refractivity contribution is 0.239. The molecule has 0 spiro atoms. The second-order valence-electron chi connectivity index (χ2n) is 4.23. The first-order valence-electron chi connectivity index (χ1n) is 6.76. The molecule has 0 bridgehead atoms. The van der Waals surface area contributed by atoms with E-state index >= 15 is 0 Å². The Bertz CT molecular complexity index is 160. The van der Waals surface area contributed by atoms with Gasteiger partial charge < -0.3 is 5.32 Å². The number of unbranched alkanes of at least 4 members (excludes halogenated alkanes) is 6. The molecule has 0 heterocycles. The number of carbonyl (C=O) groups is 1. The van der Waals surface area contributed by atoms with Gasteiger partial charge in [0, 0.05) is 13.1 Å². The molecular formula is C13H27N2O. The summed E-state index contributed by atoms with van der Waals surface area (Å²) in [5, 5.41) is 6.75. The standard InChI is InChI=1S/C13H27N2O/c1-3-5-7-8-9-10-12-15-13(16)14-11-6-4-2/h3-12H2,1-2H3,(H,14,16). The number of hydrogen-bond donors (Lipinski definition) is 1. The van der Waals surface area contributed by atoms with E-state index < -0.39 is 0 Å². The lowest BCUT2D eigenvalue weighted by Crippen LogP contribution is -2.31. The number of amides is 2. The fraction of sp³-hybridized carbons (Fsp3) is 0.923. The van der Waals surface area contributed by atoms with Gasteiger partial charge in [0.05, 0.1) is 0 Å². The molecule has 2 amide bonds. The Morgan fingerprint density at radius 2 is 1.56 bits per heavy atom. The van der Waals surface area contributed by atoms with Crippen LogP contribution in [-0.2, 0) is 0 Å². The van der Waals surface area contributed by atoms with Crippen molar-refractivity contribution < 1.29 is 4.79 Å². The summed E-state index contributed by atoms with van der Waals surface area (Å²) < 4.78 is 0. The van der Waals surface area contributed by atoms with E-state index in [-0.39, 0.29) is 6.03 Å². The summed E-state index contributed by atoms with van der Waals surface area (Å²) in [4.78, 5) is 11.2. The molecule has 1 radical (unpaired) electrons. The topological polar surface area (TPSA) is 43.2 Å². The van der Waals surface area contributed by atoms with E-state index in [1.165, 1.54) is 32.1 Å². The molecule has 0 aromatic carbocycles. The van der Waals surface area contributed by atoms with Crippen molar-refractivity contribution in [2.75, 3.05) is 13.1 Å². The Balaban J connectivity index is 3.09. The third kappa shape index (κ3) is 11.3. The van der Waals surface area contributed by atoms with Gasteiger partial charge in [0.25, 0.3) is 0 Å². The van der Waals surface area contributed by atoms with Gasteiger partial charge in [0.15, 0.2) is 0 Å². The molecule has 16 heavy (non-hydrogen) atoms. The van der Waals surface area contributed by atoms with Gasteiger partial charge in [-0.2, -0.15) is 0 Å². The van der Waals surface area contributed by atoms with Gasteiger partial charge in [-0.3, -0.25) is 0 Å². The van der Waals surface area contributed by atoms with E-state index in [0.29, 0.717) is 6.54 Å². The molecule has 0 unspecified atom stereocenters. The average molecular weight is 227 g/mol. The normalized spacial score (nSPS) is 10.1. The third-order valence-electron chi connectivity index (χ3n) is 2.57. The molecule has 0 aliphatic heterocycles. The SMILES string of the molecule is CCCCCCCC[N]C(=O)NCCCC. The third-order valence-corrected chi connectivity index (χ3v) is 2.57. The fourth-order valence-corrected chi connectivity index (χ4v) is 1.50. The summed E-state index contributed by atoms with van der Waals surface area (Å²) in [5.74, 6) is 0. The molecule has 0 aliphatic carbocycles. The fourth-order valence-electron chi connectivity index (χ4n) is 1.50. The lowest BCUT2D eigenvalue weighted by atomic mass is 10.1. The maximum absolute atomic E-state index is 11.2. The first-order chi connectivity index (χ1) is 7.81. The molecule has 0 aromatic rings. The molecule has 0 saturated heterocycles. The minimum atomic E-state index is -0.137. The van der Waals surface area contributed by atoms with Crippen molar-refractivity contribution in [3.8, 4) is 0 Å². The van der Waals surface area contributed by atoms with Crippen molar-refractivity contribution in [3.63, 3.8) is 0 Å². The first kappa shape index (κ1) is 15.3. The Labute approximate surface area is 100 Å². The minimum Gasteiger partial charge on any atom is -0.337 e. The summed E-state index contributed by atoms with van der Waals surface area (Å²) in [6, 6.07) is -0.137. The highest BCUT2D eigenvalue weighted by Crippen LogP contribution is 2.04. The van der Waals surface area contributed by atoms with E-state index in [1.807, 2.05) is 0 Å². The minimum absolute atomic E-state index is 0.137. The molecule has 0 fully saturated rings. The summed E-state index contributed by atoms with van der Waals surface area (Å²) >= 11 is 0. The van der Waals surface area contributed by atoms with Crippen LogP contribution < -0.4 is 10.6 Å². The van der Waals surface area contributed by atoms with E-state index in [0.717, 1.165) is 25.8 Å². The monoisotopic (exact) mass is 227 g/mol. The largest absolute Gasteiger partial charge is 0.337 e. The first-order valence-corrected chi connectivity index (χ1v) is 6.76. The number of hydrogen-bond acceptors (Lipinski definition) is 1. The van der Waals surface area contributed by atoms with E-state index in [2.05, 4.69) is 24.5 Å². The van der Waals surface area contributed by atoms with Crippen LogP contribution >= 0.6 is 0 Å². The number of rotatable bonds is 10. The van der Waals surface area contributed by atoms with Gasteiger partial charge in [-0.1, -0.05) is 52.4 Å². The highest BCUT2D eigenvalue weighted by Gasteiger charge is 1.99. The molecule has 0 saturated carbocycles. The highest BCUT2D eigenvalue weighted by atomic mass is 16.2. The molecule has 0 aromatic heterocycles. The molecule has 95 valence electrons. The zero-order chi connectivity index (χ0) is 12.1. The van der Waals surface area contributed by atoms with Crippen LogP contribution in [0.2, 0.25) is 0 Å². The summed E-state index contributed by atoms with van der Waals surface area (Å²) in [6.07, 6.45) is 9.60. The Kier molecular flexibility index (Phi) is 11.8. The maximum atomic E-state index is 11.2. The molecule has 1 N–H and O–H groups in total. The van der Waals surface area contributed by atoms with Crippen molar-refractivity contribution in [2.45, 2.75) is 65.2 Å².